The number of carbonyl (C=O) groups excluding carboxylic acids is 2. The van der Waals surface area contributed by atoms with E-state index in [9.17, 15) is 9.59 Å². The molecule has 1 amide bonds. The Morgan fingerprint density at radius 3 is 2.76 bits per heavy atom. The Kier molecular flexibility index (Phi) is 5.38. The third-order valence-corrected chi connectivity index (χ3v) is 4.45. The van der Waals surface area contributed by atoms with Crippen LogP contribution < -0.4 is 0 Å². The average Bonchev–Trinajstić information content (AvgIpc) is 3.02. The van der Waals surface area contributed by atoms with Crippen LogP contribution in [0, 0.1) is 0 Å². The molecule has 1 N–H and O–H groups in total. The van der Waals surface area contributed by atoms with Gasteiger partial charge in [0, 0.05) is 24.4 Å². The van der Waals surface area contributed by atoms with Gasteiger partial charge in [0.25, 0.3) is 5.91 Å². The maximum atomic E-state index is 12.7. The number of amides is 1. The van der Waals surface area contributed by atoms with Crippen molar-refractivity contribution in [2.45, 2.75) is 32.2 Å². The van der Waals surface area contributed by atoms with E-state index in [0.29, 0.717) is 43.4 Å². The lowest BCUT2D eigenvalue weighted by Crippen LogP contribution is -2.36. The van der Waals surface area contributed by atoms with Crippen LogP contribution >= 0.6 is 11.6 Å². The van der Waals surface area contributed by atoms with E-state index in [4.69, 9.17) is 16.3 Å². The molecule has 0 radical (unpaired) electrons. The van der Waals surface area contributed by atoms with Crippen LogP contribution in [0.2, 0.25) is 0 Å². The number of rotatable bonds is 5. The molecule has 1 aliphatic rings. The summed E-state index contributed by atoms with van der Waals surface area (Å²) in [4.78, 5) is 33.6. The Hall–Kier alpha value is -2.34. The van der Waals surface area contributed by atoms with E-state index < -0.39 is 0 Å². The highest BCUT2D eigenvalue weighted by atomic mass is 35.5. The van der Waals surface area contributed by atoms with Crippen LogP contribution in [0.15, 0.2) is 24.3 Å². The molecule has 1 aliphatic heterocycles. The summed E-state index contributed by atoms with van der Waals surface area (Å²) >= 11 is 5.78. The molecule has 25 heavy (non-hydrogen) atoms. The van der Waals surface area contributed by atoms with Gasteiger partial charge < -0.3 is 14.6 Å². The van der Waals surface area contributed by atoms with Crippen LogP contribution in [0.1, 0.15) is 40.1 Å². The van der Waals surface area contributed by atoms with Gasteiger partial charge in [0.15, 0.2) is 0 Å². The highest BCUT2D eigenvalue weighted by molar-refractivity contribution is 6.17. The topological polar surface area (TPSA) is 75.3 Å². The first-order valence-corrected chi connectivity index (χ1v) is 8.80. The van der Waals surface area contributed by atoms with Gasteiger partial charge in [-0.2, -0.15) is 0 Å². The summed E-state index contributed by atoms with van der Waals surface area (Å²) in [6, 6.07) is 7.33. The zero-order valence-corrected chi connectivity index (χ0v) is 14.8. The van der Waals surface area contributed by atoms with E-state index in [1.165, 1.54) is 0 Å². The second kappa shape index (κ2) is 7.70. The summed E-state index contributed by atoms with van der Waals surface area (Å²) in [5.41, 5.74) is 3.43. The summed E-state index contributed by atoms with van der Waals surface area (Å²) in [5.74, 6) is 0.692. The van der Waals surface area contributed by atoms with Crippen molar-refractivity contribution in [3.05, 3.63) is 52.6 Å². The Balaban J connectivity index is 1.68. The number of halogens is 1. The molecular formula is C18H20ClN3O3. The molecule has 6 nitrogen and oxygen atoms in total. The van der Waals surface area contributed by atoms with Gasteiger partial charge in [-0.15, -0.1) is 11.6 Å². The molecule has 0 aliphatic carbocycles. The van der Waals surface area contributed by atoms with Crippen molar-refractivity contribution in [2.75, 3.05) is 13.2 Å². The monoisotopic (exact) mass is 361 g/mol. The van der Waals surface area contributed by atoms with E-state index in [0.717, 1.165) is 17.0 Å². The predicted octanol–water partition coefficient (Wildman–Crippen LogP) is 2.45. The smallest absolute Gasteiger partial charge is 0.313 e. The number of ether oxygens (including phenoxy) is 1. The first kappa shape index (κ1) is 17.5. The summed E-state index contributed by atoms with van der Waals surface area (Å²) in [6.07, 6.45) is 0.787. The molecule has 2 aromatic rings. The van der Waals surface area contributed by atoms with Gasteiger partial charge in [-0.25, -0.2) is 4.98 Å². The molecule has 1 aromatic heterocycles. The Morgan fingerprint density at radius 2 is 2.08 bits per heavy atom. The molecule has 0 bridgehead atoms. The lowest BCUT2D eigenvalue weighted by molar-refractivity contribution is -0.142. The number of carbonyl (C=O) groups is 2. The van der Waals surface area contributed by atoms with Crippen molar-refractivity contribution in [1.29, 1.82) is 0 Å². The van der Waals surface area contributed by atoms with E-state index in [1.54, 1.807) is 24.0 Å². The number of aromatic nitrogens is 2. The standard InChI is InChI=1S/C18H20ClN3O3/c1-2-25-17(23)9-16-20-14-7-8-22(11-15(14)21-16)18(24)13-5-3-12(10-19)4-6-13/h3-6H,2,7-11H2,1H3,(H,20,21). The van der Waals surface area contributed by atoms with Crippen molar-refractivity contribution >= 4 is 23.5 Å². The SMILES string of the molecule is CCOC(=O)Cc1nc2c([nH]1)CN(C(=O)c1ccc(CCl)cc1)CC2. The molecule has 0 fully saturated rings. The number of fused-ring (bicyclic) bond motifs is 1. The molecule has 0 saturated heterocycles. The summed E-state index contributed by atoms with van der Waals surface area (Å²) in [7, 11) is 0. The normalized spacial score (nSPS) is 13.4. The lowest BCUT2D eigenvalue weighted by atomic mass is 10.1. The van der Waals surface area contributed by atoms with Crippen LogP contribution in [0.3, 0.4) is 0 Å². The highest BCUT2D eigenvalue weighted by Crippen LogP contribution is 2.19. The molecule has 0 saturated carbocycles. The fourth-order valence-electron chi connectivity index (χ4n) is 2.88. The van der Waals surface area contributed by atoms with Crippen LogP contribution in [0.4, 0.5) is 0 Å². The number of esters is 1. The van der Waals surface area contributed by atoms with E-state index in [-0.39, 0.29) is 18.3 Å². The van der Waals surface area contributed by atoms with Gasteiger partial charge in [-0.1, -0.05) is 12.1 Å². The first-order chi connectivity index (χ1) is 12.1. The minimum absolute atomic E-state index is 0.0201. The van der Waals surface area contributed by atoms with Gasteiger partial charge in [0.1, 0.15) is 12.2 Å². The maximum absolute atomic E-state index is 12.7. The third-order valence-electron chi connectivity index (χ3n) is 4.14. The molecule has 1 aromatic carbocycles. The van der Waals surface area contributed by atoms with Crippen LogP contribution in [0.25, 0.3) is 0 Å². The number of hydrogen-bond acceptors (Lipinski definition) is 4. The third kappa shape index (κ3) is 4.02. The van der Waals surface area contributed by atoms with Crippen molar-refractivity contribution < 1.29 is 14.3 Å². The average molecular weight is 362 g/mol. The summed E-state index contributed by atoms with van der Waals surface area (Å²) in [5, 5.41) is 0. The van der Waals surface area contributed by atoms with Gasteiger partial charge in [-0.05, 0) is 24.6 Å². The molecule has 2 heterocycles. The van der Waals surface area contributed by atoms with Crippen LogP contribution in [-0.4, -0.2) is 39.9 Å². The van der Waals surface area contributed by atoms with Crippen molar-refractivity contribution in [3.63, 3.8) is 0 Å². The second-order valence-corrected chi connectivity index (χ2v) is 6.17. The van der Waals surface area contributed by atoms with E-state index >= 15 is 0 Å². The minimum Gasteiger partial charge on any atom is -0.466 e. The van der Waals surface area contributed by atoms with Crippen molar-refractivity contribution in [1.82, 2.24) is 14.9 Å². The largest absolute Gasteiger partial charge is 0.466 e. The van der Waals surface area contributed by atoms with Crippen molar-refractivity contribution in [2.24, 2.45) is 0 Å². The quantitative estimate of drug-likeness (QED) is 0.655. The Labute approximate surface area is 151 Å². The number of imidazole rings is 1. The van der Waals surface area contributed by atoms with Crippen molar-refractivity contribution in [3.8, 4) is 0 Å². The fraction of sp³-hybridized carbons (Fsp3) is 0.389. The molecule has 132 valence electrons. The molecular weight excluding hydrogens is 342 g/mol. The zero-order valence-electron chi connectivity index (χ0n) is 14.0. The first-order valence-electron chi connectivity index (χ1n) is 8.27. The number of alkyl halides is 1. The minimum atomic E-state index is -0.305. The van der Waals surface area contributed by atoms with E-state index in [2.05, 4.69) is 9.97 Å². The molecule has 0 unspecified atom stereocenters. The number of benzene rings is 1. The van der Waals surface area contributed by atoms with Gasteiger partial charge in [0.2, 0.25) is 0 Å². The zero-order chi connectivity index (χ0) is 17.8. The number of nitrogens with one attached hydrogen (secondary N) is 1. The van der Waals surface area contributed by atoms with Crippen LogP contribution in [-0.2, 0) is 34.8 Å². The predicted molar refractivity (Wildman–Crippen MR) is 93.4 cm³/mol. The highest BCUT2D eigenvalue weighted by Gasteiger charge is 2.25. The van der Waals surface area contributed by atoms with E-state index in [1.807, 2.05) is 12.1 Å². The number of aromatic amines is 1. The number of H-pyrrole nitrogens is 1. The summed E-state index contributed by atoms with van der Waals surface area (Å²) < 4.78 is 4.94. The maximum Gasteiger partial charge on any atom is 0.313 e. The van der Waals surface area contributed by atoms with Gasteiger partial charge in [-0.3, -0.25) is 9.59 Å². The molecule has 7 heteroatoms. The Morgan fingerprint density at radius 1 is 1.32 bits per heavy atom. The molecule has 3 rings (SSSR count). The molecule has 0 spiro atoms. The molecule has 0 atom stereocenters. The van der Waals surface area contributed by atoms with Crippen LogP contribution in [0.5, 0.6) is 0 Å². The lowest BCUT2D eigenvalue weighted by Gasteiger charge is -2.26. The summed E-state index contributed by atoms with van der Waals surface area (Å²) in [6.45, 7) is 3.19. The number of nitrogens with zero attached hydrogens (tertiary/aromatic N) is 2. The van der Waals surface area contributed by atoms with Gasteiger partial charge in [0.05, 0.1) is 24.5 Å². The second-order valence-electron chi connectivity index (χ2n) is 5.90. The Bertz CT molecular complexity index is 770. The number of hydrogen-bond donors (Lipinski definition) is 1. The van der Waals surface area contributed by atoms with Gasteiger partial charge >= 0.3 is 5.97 Å². The fourth-order valence-corrected chi connectivity index (χ4v) is 3.06.